The highest BCUT2D eigenvalue weighted by molar-refractivity contribution is 7.99. The maximum absolute atomic E-state index is 5.41. The van der Waals surface area contributed by atoms with Crippen molar-refractivity contribution in [3.63, 3.8) is 0 Å². The minimum Gasteiger partial charge on any atom is -0.494 e. The molecule has 0 amide bonds. The first-order valence-corrected chi connectivity index (χ1v) is 6.42. The van der Waals surface area contributed by atoms with E-state index in [-0.39, 0.29) is 0 Å². The van der Waals surface area contributed by atoms with Crippen LogP contribution in [0.4, 0.5) is 0 Å². The second-order valence-corrected chi connectivity index (χ2v) is 4.49. The molecule has 0 fully saturated rings. The Hall–Kier alpha value is -1.69. The fraction of sp³-hybridized carbons (Fsp3) is 0.273. The molecule has 2 aromatic rings. The molecule has 5 nitrogen and oxygen atoms in total. The predicted octanol–water partition coefficient (Wildman–Crippen LogP) is 1.95. The smallest absolute Gasteiger partial charge is 0.212 e. The van der Waals surface area contributed by atoms with Crippen molar-refractivity contribution in [3.05, 3.63) is 24.3 Å². The number of rotatable bonds is 3. The third kappa shape index (κ3) is 1.84. The van der Waals surface area contributed by atoms with Crippen molar-refractivity contribution in [3.8, 4) is 17.1 Å². The van der Waals surface area contributed by atoms with Crippen LogP contribution in [-0.2, 0) is 0 Å². The fourth-order valence-corrected chi connectivity index (χ4v) is 2.42. The van der Waals surface area contributed by atoms with Gasteiger partial charge in [0.15, 0.2) is 5.82 Å². The van der Waals surface area contributed by atoms with Crippen molar-refractivity contribution in [2.45, 2.75) is 12.1 Å². The second kappa shape index (κ2) is 4.29. The lowest BCUT2D eigenvalue weighted by Gasteiger charge is -2.05. The van der Waals surface area contributed by atoms with Gasteiger partial charge in [0.1, 0.15) is 5.75 Å². The molecule has 1 N–H and O–H groups in total. The summed E-state index contributed by atoms with van der Waals surface area (Å²) in [7, 11) is 0. The Morgan fingerprint density at radius 2 is 2.18 bits per heavy atom. The van der Waals surface area contributed by atoms with Gasteiger partial charge in [-0.1, -0.05) is 11.8 Å². The number of ether oxygens (including phenoxy) is 1. The number of nitrogens with one attached hydrogen (secondary N) is 1. The third-order valence-electron chi connectivity index (χ3n) is 2.48. The molecule has 1 aromatic carbocycles. The van der Waals surface area contributed by atoms with Crippen LogP contribution < -0.4 is 10.2 Å². The molecule has 17 heavy (non-hydrogen) atoms. The SMILES string of the molecule is CCOc1ccc(-c2nnc3n2NCS3)cc1. The molecular weight excluding hydrogens is 236 g/mol. The molecule has 88 valence electrons. The third-order valence-corrected chi connectivity index (χ3v) is 3.28. The van der Waals surface area contributed by atoms with Crippen molar-refractivity contribution in [2.24, 2.45) is 0 Å². The van der Waals surface area contributed by atoms with Crippen molar-refractivity contribution >= 4 is 11.8 Å². The molecule has 0 aliphatic carbocycles. The first-order chi connectivity index (χ1) is 8.38. The number of hydrogen-bond acceptors (Lipinski definition) is 5. The Labute approximate surface area is 103 Å². The summed E-state index contributed by atoms with van der Waals surface area (Å²) < 4.78 is 7.33. The van der Waals surface area contributed by atoms with E-state index in [9.17, 15) is 0 Å². The quantitative estimate of drug-likeness (QED) is 0.899. The van der Waals surface area contributed by atoms with Crippen LogP contribution >= 0.6 is 11.8 Å². The van der Waals surface area contributed by atoms with Crippen molar-refractivity contribution in [1.29, 1.82) is 0 Å². The topological polar surface area (TPSA) is 52.0 Å². The number of fused-ring (bicyclic) bond motifs is 1. The Morgan fingerprint density at radius 1 is 1.35 bits per heavy atom. The molecule has 0 radical (unpaired) electrons. The summed E-state index contributed by atoms with van der Waals surface area (Å²) in [6.07, 6.45) is 0. The molecule has 0 saturated carbocycles. The van der Waals surface area contributed by atoms with Gasteiger partial charge in [0, 0.05) is 5.56 Å². The Bertz CT molecular complexity index is 523. The minimum absolute atomic E-state index is 0.678. The van der Waals surface area contributed by atoms with E-state index in [1.807, 2.05) is 35.9 Å². The zero-order valence-electron chi connectivity index (χ0n) is 9.38. The zero-order chi connectivity index (χ0) is 11.7. The molecule has 0 atom stereocenters. The van der Waals surface area contributed by atoms with E-state index in [4.69, 9.17) is 4.74 Å². The van der Waals surface area contributed by atoms with Gasteiger partial charge >= 0.3 is 0 Å². The summed E-state index contributed by atoms with van der Waals surface area (Å²) in [6.45, 7) is 2.65. The van der Waals surface area contributed by atoms with E-state index in [2.05, 4.69) is 15.6 Å². The van der Waals surface area contributed by atoms with Crippen LogP contribution in [-0.4, -0.2) is 27.4 Å². The van der Waals surface area contributed by atoms with Crippen LogP contribution in [0, 0.1) is 0 Å². The number of nitrogens with zero attached hydrogens (tertiary/aromatic N) is 3. The summed E-state index contributed by atoms with van der Waals surface area (Å²) in [5.41, 5.74) is 4.24. The maximum atomic E-state index is 5.41. The minimum atomic E-state index is 0.678. The first kappa shape index (κ1) is 10.5. The lowest BCUT2D eigenvalue weighted by molar-refractivity contribution is 0.340. The highest BCUT2D eigenvalue weighted by atomic mass is 32.2. The number of benzene rings is 1. The molecule has 2 heterocycles. The van der Waals surface area contributed by atoms with E-state index in [1.54, 1.807) is 11.8 Å². The van der Waals surface area contributed by atoms with Crippen molar-refractivity contribution in [1.82, 2.24) is 14.9 Å². The first-order valence-electron chi connectivity index (χ1n) is 5.44. The molecular formula is C11H12N4OS. The zero-order valence-corrected chi connectivity index (χ0v) is 10.2. The van der Waals surface area contributed by atoms with Crippen molar-refractivity contribution in [2.75, 3.05) is 17.9 Å². The van der Waals surface area contributed by atoms with Gasteiger partial charge in [0.25, 0.3) is 0 Å². The molecule has 6 heteroatoms. The molecule has 1 aromatic heterocycles. The van der Waals surface area contributed by atoms with Crippen molar-refractivity contribution < 1.29 is 4.74 Å². The van der Waals surface area contributed by atoms with Gasteiger partial charge in [-0.2, -0.15) is 0 Å². The fourth-order valence-electron chi connectivity index (χ4n) is 1.72. The van der Waals surface area contributed by atoms with Gasteiger partial charge < -0.3 is 10.2 Å². The molecule has 0 bridgehead atoms. The Morgan fingerprint density at radius 3 is 2.94 bits per heavy atom. The average Bonchev–Trinajstić information content (AvgIpc) is 2.93. The molecule has 1 aliphatic rings. The van der Waals surface area contributed by atoms with Crippen LogP contribution in [0.25, 0.3) is 11.4 Å². The van der Waals surface area contributed by atoms with Gasteiger partial charge in [-0.15, -0.1) is 10.2 Å². The van der Waals surface area contributed by atoms with E-state index < -0.39 is 0 Å². The summed E-state index contributed by atoms with van der Waals surface area (Å²) in [4.78, 5) is 0. The number of hydrogen-bond donors (Lipinski definition) is 1. The Balaban J connectivity index is 1.93. The van der Waals surface area contributed by atoms with Gasteiger partial charge in [-0.25, -0.2) is 4.68 Å². The van der Waals surface area contributed by atoms with E-state index in [1.165, 1.54) is 0 Å². The van der Waals surface area contributed by atoms with Crippen LogP contribution in [0.1, 0.15) is 6.92 Å². The van der Waals surface area contributed by atoms with Crippen LogP contribution in [0.5, 0.6) is 5.75 Å². The molecule has 3 rings (SSSR count). The summed E-state index contributed by atoms with van der Waals surface area (Å²) in [5, 5.41) is 9.20. The standard InChI is InChI=1S/C11H12N4OS/c1-2-16-9-5-3-8(4-6-9)10-13-14-11-15(10)12-7-17-11/h3-6,12H,2,7H2,1H3. The normalized spacial score (nSPS) is 13.2. The molecule has 0 spiro atoms. The van der Waals surface area contributed by atoms with Gasteiger partial charge in [0.05, 0.1) is 12.5 Å². The summed E-state index contributed by atoms with van der Waals surface area (Å²) in [6, 6.07) is 7.88. The number of thioether (sulfide) groups is 1. The molecule has 0 saturated heterocycles. The highest BCUT2D eigenvalue weighted by Gasteiger charge is 2.18. The Kier molecular flexibility index (Phi) is 2.64. The summed E-state index contributed by atoms with van der Waals surface area (Å²) in [5.74, 6) is 2.56. The maximum Gasteiger partial charge on any atom is 0.212 e. The van der Waals surface area contributed by atoms with Crippen LogP contribution in [0.3, 0.4) is 0 Å². The lowest BCUT2D eigenvalue weighted by atomic mass is 10.2. The lowest BCUT2D eigenvalue weighted by Crippen LogP contribution is -2.09. The van der Waals surface area contributed by atoms with E-state index >= 15 is 0 Å². The summed E-state index contributed by atoms with van der Waals surface area (Å²) >= 11 is 1.65. The molecule has 1 aliphatic heterocycles. The highest BCUT2D eigenvalue weighted by Crippen LogP contribution is 2.27. The number of aromatic nitrogens is 3. The monoisotopic (exact) mass is 248 g/mol. The van der Waals surface area contributed by atoms with E-state index in [0.29, 0.717) is 6.61 Å². The average molecular weight is 248 g/mol. The second-order valence-electron chi connectivity index (χ2n) is 3.55. The van der Waals surface area contributed by atoms with Crippen LogP contribution in [0.2, 0.25) is 0 Å². The molecule has 0 unspecified atom stereocenters. The predicted molar refractivity (Wildman–Crippen MR) is 66.7 cm³/mol. The largest absolute Gasteiger partial charge is 0.494 e. The van der Waals surface area contributed by atoms with Gasteiger partial charge in [-0.05, 0) is 31.2 Å². The van der Waals surface area contributed by atoms with Gasteiger partial charge in [0.2, 0.25) is 5.16 Å². The van der Waals surface area contributed by atoms with E-state index in [0.717, 1.165) is 28.2 Å². The van der Waals surface area contributed by atoms with Crippen LogP contribution in [0.15, 0.2) is 29.4 Å². The van der Waals surface area contributed by atoms with Gasteiger partial charge in [-0.3, -0.25) is 0 Å².